The Labute approximate surface area is 197 Å². The van der Waals surface area contributed by atoms with E-state index in [9.17, 15) is 4.79 Å². The number of ether oxygens (including phenoxy) is 1. The zero-order valence-electron chi connectivity index (χ0n) is 17.7. The summed E-state index contributed by atoms with van der Waals surface area (Å²) in [6.45, 7) is 4.61. The minimum Gasteiger partial charge on any atom is -0.497 e. The second kappa shape index (κ2) is 9.41. The van der Waals surface area contributed by atoms with Gasteiger partial charge in [-0.1, -0.05) is 29.8 Å². The van der Waals surface area contributed by atoms with Crippen LogP contribution >= 0.6 is 24.0 Å². The fraction of sp³-hybridized carbons (Fsp3) is 0.240. The maximum atomic E-state index is 13.0. The van der Waals surface area contributed by atoms with Crippen LogP contribution in [0.4, 0.5) is 5.69 Å². The van der Waals surface area contributed by atoms with Crippen LogP contribution < -0.4 is 15.1 Å². The van der Waals surface area contributed by atoms with Crippen molar-refractivity contribution in [2.45, 2.75) is 6.54 Å². The number of nitrogens with zero attached hydrogens (tertiary/aromatic N) is 2. The molecule has 0 unspecified atom stereocenters. The van der Waals surface area contributed by atoms with E-state index in [0.29, 0.717) is 27.0 Å². The highest BCUT2D eigenvalue weighted by Gasteiger charge is 2.18. The van der Waals surface area contributed by atoms with E-state index in [4.69, 9.17) is 20.8 Å². The van der Waals surface area contributed by atoms with Crippen LogP contribution in [0.5, 0.6) is 5.75 Å². The third-order valence-corrected chi connectivity index (χ3v) is 6.21. The van der Waals surface area contributed by atoms with E-state index in [1.54, 1.807) is 25.3 Å². The molecule has 1 aromatic heterocycles. The lowest BCUT2D eigenvalue weighted by Crippen LogP contribution is -2.45. The molecule has 0 spiro atoms. The van der Waals surface area contributed by atoms with Crippen molar-refractivity contribution in [1.29, 1.82) is 0 Å². The van der Waals surface area contributed by atoms with E-state index in [-0.39, 0.29) is 17.8 Å². The van der Waals surface area contributed by atoms with Crippen LogP contribution in [0.3, 0.4) is 0 Å². The SMILES string of the molecule is COc1cccc(N2CCN(Cc3ccc4oc5c(Cl)cccc5c(=O)c4c3)CC2)c1.Cl. The molecular formula is C25H24Cl2N2O3. The molecule has 0 radical (unpaired) electrons. The van der Waals surface area contributed by atoms with Gasteiger partial charge in [0.05, 0.1) is 22.9 Å². The topological polar surface area (TPSA) is 45.9 Å². The third-order valence-electron chi connectivity index (χ3n) is 5.91. The van der Waals surface area contributed by atoms with E-state index < -0.39 is 0 Å². The molecule has 166 valence electrons. The highest BCUT2D eigenvalue weighted by molar-refractivity contribution is 6.34. The van der Waals surface area contributed by atoms with Crippen molar-refractivity contribution in [2.24, 2.45) is 0 Å². The zero-order valence-corrected chi connectivity index (χ0v) is 19.3. The highest BCUT2D eigenvalue weighted by Crippen LogP contribution is 2.26. The molecule has 5 rings (SSSR count). The molecule has 5 nitrogen and oxygen atoms in total. The summed E-state index contributed by atoms with van der Waals surface area (Å²) >= 11 is 6.21. The van der Waals surface area contributed by atoms with Crippen LogP contribution in [0.15, 0.2) is 69.9 Å². The van der Waals surface area contributed by atoms with Crippen LogP contribution in [-0.2, 0) is 6.54 Å². The molecule has 4 aromatic rings. The van der Waals surface area contributed by atoms with E-state index in [2.05, 4.69) is 21.9 Å². The summed E-state index contributed by atoms with van der Waals surface area (Å²) in [4.78, 5) is 17.8. The second-order valence-electron chi connectivity index (χ2n) is 7.84. The quantitative estimate of drug-likeness (QED) is 0.376. The molecule has 0 aliphatic carbocycles. The third kappa shape index (κ3) is 4.29. The van der Waals surface area contributed by atoms with E-state index in [1.807, 2.05) is 30.3 Å². The van der Waals surface area contributed by atoms with Gasteiger partial charge in [-0.3, -0.25) is 9.69 Å². The van der Waals surface area contributed by atoms with Gasteiger partial charge >= 0.3 is 0 Å². The minimum atomic E-state index is -0.0385. The predicted molar refractivity (Wildman–Crippen MR) is 133 cm³/mol. The fourth-order valence-corrected chi connectivity index (χ4v) is 4.43. The maximum absolute atomic E-state index is 13.0. The number of benzene rings is 3. The Morgan fingerprint density at radius 1 is 0.969 bits per heavy atom. The number of halogens is 2. The molecule has 0 bridgehead atoms. The normalized spacial score (nSPS) is 14.5. The van der Waals surface area contributed by atoms with Crippen LogP contribution in [-0.4, -0.2) is 38.2 Å². The molecule has 1 aliphatic heterocycles. The highest BCUT2D eigenvalue weighted by atomic mass is 35.5. The van der Waals surface area contributed by atoms with Crippen molar-refractivity contribution in [1.82, 2.24) is 4.90 Å². The van der Waals surface area contributed by atoms with Gasteiger partial charge in [0.15, 0.2) is 5.58 Å². The number of fused-ring (bicyclic) bond motifs is 2. The number of hydrogen-bond acceptors (Lipinski definition) is 5. The van der Waals surface area contributed by atoms with Crippen molar-refractivity contribution in [2.75, 3.05) is 38.2 Å². The summed E-state index contributed by atoms with van der Waals surface area (Å²) in [6, 6.07) is 19.3. The predicted octanol–water partition coefficient (Wildman–Crippen LogP) is 5.35. The molecule has 7 heteroatoms. The second-order valence-corrected chi connectivity index (χ2v) is 8.25. The van der Waals surface area contributed by atoms with Crippen molar-refractivity contribution in [3.63, 3.8) is 0 Å². The van der Waals surface area contributed by atoms with Crippen LogP contribution in [0.1, 0.15) is 5.56 Å². The summed E-state index contributed by atoms with van der Waals surface area (Å²) in [6.07, 6.45) is 0. The number of rotatable bonds is 4. The molecule has 1 aliphatic rings. The lowest BCUT2D eigenvalue weighted by Gasteiger charge is -2.36. The fourth-order valence-electron chi connectivity index (χ4n) is 4.22. The first-order chi connectivity index (χ1) is 15.1. The van der Waals surface area contributed by atoms with Gasteiger partial charge in [-0.2, -0.15) is 0 Å². The Morgan fingerprint density at radius 3 is 2.53 bits per heavy atom. The van der Waals surface area contributed by atoms with Gasteiger partial charge in [0.25, 0.3) is 0 Å². The first-order valence-electron chi connectivity index (χ1n) is 10.4. The summed E-state index contributed by atoms with van der Waals surface area (Å²) < 4.78 is 11.3. The van der Waals surface area contributed by atoms with Crippen molar-refractivity contribution >= 4 is 51.6 Å². The van der Waals surface area contributed by atoms with Crippen LogP contribution in [0, 0.1) is 0 Å². The summed E-state index contributed by atoms with van der Waals surface area (Å²) in [7, 11) is 1.69. The molecule has 0 saturated carbocycles. The molecule has 3 aromatic carbocycles. The number of hydrogen-bond donors (Lipinski definition) is 0. The number of methoxy groups -OCH3 is 1. The van der Waals surface area contributed by atoms with Crippen LogP contribution in [0.2, 0.25) is 5.02 Å². The van der Waals surface area contributed by atoms with Crippen LogP contribution in [0.25, 0.3) is 21.9 Å². The van der Waals surface area contributed by atoms with Gasteiger partial charge < -0.3 is 14.1 Å². The molecule has 0 atom stereocenters. The monoisotopic (exact) mass is 470 g/mol. The lowest BCUT2D eigenvalue weighted by molar-refractivity contribution is 0.250. The Kier molecular flexibility index (Phi) is 6.60. The van der Waals surface area contributed by atoms with Gasteiger partial charge in [0.1, 0.15) is 11.3 Å². The first kappa shape index (κ1) is 22.5. The largest absolute Gasteiger partial charge is 0.497 e. The van der Waals surface area contributed by atoms with Crippen molar-refractivity contribution < 1.29 is 9.15 Å². The number of para-hydroxylation sites is 1. The van der Waals surface area contributed by atoms with E-state index in [1.165, 1.54) is 5.69 Å². The minimum absolute atomic E-state index is 0. The Morgan fingerprint density at radius 2 is 1.75 bits per heavy atom. The lowest BCUT2D eigenvalue weighted by atomic mass is 10.1. The molecule has 1 saturated heterocycles. The summed E-state index contributed by atoms with van der Waals surface area (Å²) in [5.74, 6) is 0.878. The molecule has 2 heterocycles. The molecule has 32 heavy (non-hydrogen) atoms. The average Bonchev–Trinajstić information content (AvgIpc) is 2.81. The van der Waals surface area contributed by atoms with Gasteiger partial charge in [0, 0.05) is 44.5 Å². The summed E-state index contributed by atoms with van der Waals surface area (Å²) in [5.41, 5.74) is 3.27. The summed E-state index contributed by atoms with van der Waals surface area (Å²) in [5, 5.41) is 1.57. The smallest absolute Gasteiger partial charge is 0.200 e. The van der Waals surface area contributed by atoms with E-state index >= 15 is 0 Å². The van der Waals surface area contributed by atoms with Gasteiger partial charge in [-0.15, -0.1) is 12.4 Å². The number of piperazine rings is 1. The first-order valence-corrected chi connectivity index (χ1v) is 10.8. The Hall–Kier alpha value is -2.73. The number of anilines is 1. The zero-order chi connectivity index (χ0) is 21.4. The van der Waals surface area contributed by atoms with Crippen molar-refractivity contribution in [3.8, 4) is 5.75 Å². The molecule has 0 N–H and O–H groups in total. The standard InChI is InChI=1S/C25H23ClN2O3.ClH/c1-30-19-5-2-4-18(15-19)28-12-10-27(11-13-28)16-17-8-9-23-21(14-17)24(29)20-6-3-7-22(26)25(20)31-23;/h2-9,14-15H,10-13,16H2,1H3;1H. The van der Waals surface area contributed by atoms with Gasteiger partial charge in [0.2, 0.25) is 5.43 Å². The maximum Gasteiger partial charge on any atom is 0.200 e. The Bertz CT molecular complexity index is 1310. The van der Waals surface area contributed by atoms with Gasteiger partial charge in [-0.25, -0.2) is 0 Å². The van der Waals surface area contributed by atoms with Gasteiger partial charge in [-0.05, 0) is 42.0 Å². The van der Waals surface area contributed by atoms with Crippen molar-refractivity contribution in [3.05, 3.63) is 81.5 Å². The molecular weight excluding hydrogens is 447 g/mol. The molecule has 0 amide bonds. The molecule has 1 fully saturated rings. The Balaban J connectivity index is 0.00000245. The average molecular weight is 471 g/mol. The van der Waals surface area contributed by atoms with E-state index in [0.717, 1.165) is 44.0 Å².